The van der Waals surface area contributed by atoms with Crippen molar-refractivity contribution in [2.45, 2.75) is 44.4 Å². The van der Waals surface area contributed by atoms with Gasteiger partial charge < -0.3 is 14.9 Å². The molecule has 0 aliphatic heterocycles. The van der Waals surface area contributed by atoms with Gasteiger partial charge in [-0.05, 0) is 47.6 Å². The van der Waals surface area contributed by atoms with Crippen molar-refractivity contribution in [3.8, 4) is 5.75 Å². The Morgan fingerprint density at radius 3 is 2.55 bits per heavy atom. The molecule has 2 atom stereocenters. The lowest BCUT2D eigenvalue weighted by Crippen LogP contribution is -2.22. The molecule has 29 heavy (non-hydrogen) atoms. The molecule has 2 N–H and O–H groups in total. The molecule has 0 aromatic heterocycles. The van der Waals surface area contributed by atoms with Crippen LogP contribution >= 0.6 is 0 Å². The van der Waals surface area contributed by atoms with Crippen LogP contribution in [0.15, 0.2) is 48.5 Å². The quantitative estimate of drug-likeness (QED) is 0.710. The molecule has 0 spiro atoms. The van der Waals surface area contributed by atoms with Crippen LogP contribution in [-0.4, -0.2) is 35.2 Å². The molecule has 0 amide bonds. The van der Waals surface area contributed by atoms with Crippen molar-refractivity contribution >= 4 is 11.8 Å². The molecular formula is C24H28O5. The fourth-order valence-electron chi connectivity index (χ4n) is 4.03. The van der Waals surface area contributed by atoms with E-state index in [0.717, 1.165) is 29.5 Å². The first-order valence-electron chi connectivity index (χ1n) is 9.98. The van der Waals surface area contributed by atoms with Crippen molar-refractivity contribution in [3.63, 3.8) is 0 Å². The molecule has 2 aromatic carbocycles. The highest BCUT2D eigenvalue weighted by Gasteiger charge is 2.36. The molecule has 0 radical (unpaired) electrons. The summed E-state index contributed by atoms with van der Waals surface area (Å²) in [6, 6.07) is 15.5. The van der Waals surface area contributed by atoms with Crippen LogP contribution in [0.25, 0.3) is 0 Å². The highest BCUT2D eigenvalue weighted by atomic mass is 16.5. The maximum Gasteiger partial charge on any atom is 0.341 e. The largest absolute Gasteiger partial charge is 0.482 e. The minimum absolute atomic E-state index is 0.0671. The van der Waals surface area contributed by atoms with Crippen molar-refractivity contribution in [2.75, 3.05) is 13.2 Å². The fourth-order valence-corrected chi connectivity index (χ4v) is 4.03. The van der Waals surface area contributed by atoms with Crippen molar-refractivity contribution in [2.24, 2.45) is 5.92 Å². The number of aliphatic carboxylic acids is 1. The summed E-state index contributed by atoms with van der Waals surface area (Å²) in [5.74, 6) is -0.146. The number of rotatable bonds is 8. The molecule has 1 aliphatic carbocycles. The maximum atomic E-state index is 12.6. The van der Waals surface area contributed by atoms with Crippen LogP contribution in [0.5, 0.6) is 5.75 Å². The second-order valence-electron chi connectivity index (χ2n) is 8.44. The van der Waals surface area contributed by atoms with Gasteiger partial charge in [0, 0.05) is 17.8 Å². The van der Waals surface area contributed by atoms with Crippen molar-refractivity contribution in [1.29, 1.82) is 0 Å². The van der Waals surface area contributed by atoms with Gasteiger partial charge in [0.1, 0.15) is 11.5 Å². The van der Waals surface area contributed by atoms with Crippen LogP contribution in [0.2, 0.25) is 0 Å². The van der Waals surface area contributed by atoms with E-state index < -0.39 is 5.97 Å². The molecule has 2 unspecified atom stereocenters. The number of carboxylic acid groups (broad SMARTS) is 1. The van der Waals surface area contributed by atoms with Gasteiger partial charge in [-0.2, -0.15) is 0 Å². The van der Waals surface area contributed by atoms with Crippen LogP contribution < -0.4 is 4.74 Å². The Labute approximate surface area is 171 Å². The fraction of sp³-hybridized carbons (Fsp3) is 0.417. The van der Waals surface area contributed by atoms with E-state index in [4.69, 9.17) is 9.84 Å². The minimum atomic E-state index is -1.01. The van der Waals surface area contributed by atoms with Crippen LogP contribution in [0.4, 0.5) is 0 Å². The van der Waals surface area contributed by atoms with Gasteiger partial charge in [-0.25, -0.2) is 4.79 Å². The number of aliphatic hydroxyl groups is 1. The summed E-state index contributed by atoms with van der Waals surface area (Å²) in [4.78, 5) is 23.3. The summed E-state index contributed by atoms with van der Waals surface area (Å²) in [7, 11) is 0. The Morgan fingerprint density at radius 2 is 1.90 bits per heavy atom. The summed E-state index contributed by atoms with van der Waals surface area (Å²) in [5, 5.41) is 18.3. The number of ether oxygens (including phenoxy) is 1. The van der Waals surface area contributed by atoms with Gasteiger partial charge in [0.25, 0.3) is 0 Å². The summed E-state index contributed by atoms with van der Waals surface area (Å²) < 4.78 is 5.27. The van der Waals surface area contributed by atoms with Gasteiger partial charge in [0.05, 0.1) is 6.61 Å². The first kappa shape index (κ1) is 21.1. The summed E-state index contributed by atoms with van der Waals surface area (Å²) in [6.45, 7) is 3.68. The van der Waals surface area contributed by atoms with Crippen molar-refractivity contribution in [3.05, 3.63) is 65.2 Å². The third-order valence-corrected chi connectivity index (χ3v) is 5.79. The number of benzene rings is 2. The third kappa shape index (κ3) is 5.04. The smallest absolute Gasteiger partial charge is 0.341 e. The highest BCUT2D eigenvalue weighted by Crippen LogP contribution is 2.40. The summed E-state index contributed by atoms with van der Waals surface area (Å²) >= 11 is 0. The predicted octanol–water partition coefficient (Wildman–Crippen LogP) is 3.73. The van der Waals surface area contributed by atoms with Crippen molar-refractivity contribution < 1.29 is 24.5 Å². The van der Waals surface area contributed by atoms with E-state index in [1.807, 2.05) is 56.3 Å². The number of hydrogen-bond acceptors (Lipinski definition) is 4. The highest BCUT2D eigenvalue weighted by molar-refractivity contribution is 5.88. The van der Waals surface area contributed by atoms with E-state index in [9.17, 15) is 14.7 Å². The summed E-state index contributed by atoms with van der Waals surface area (Å²) in [6.07, 6.45) is 2.16. The predicted molar refractivity (Wildman–Crippen MR) is 110 cm³/mol. The Kier molecular flexibility index (Phi) is 6.38. The normalized spacial score (nSPS) is 19.3. The first-order valence-corrected chi connectivity index (χ1v) is 9.98. The molecular weight excluding hydrogens is 368 g/mol. The zero-order valence-corrected chi connectivity index (χ0v) is 16.9. The van der Waals surface area contributed by atoms with Crippen LogP contribution in [0.3, 0.4) is 0 Å². The topological polar surface area (TPSA) is 83.8 Å². The maximum absolute atomic E-state index is 12.6. The van der Waals surface area contributed by atoms with Gasteiger partial charge >= 0.3 is 5.97 Å². The Morgan fingerprint density at radius 1 is 1.17 bits per heavy atom. The molecule has 1 aliphatic rings. The van der Waals surface area contributed by atoms with E-state index in [-0.39, 0.29) is 36.2 Å². The molecule has 5 nitrogen and oxygen atoms in total. The molecule has 0 saturated heterocycles. The molecule has 0 heterocycles. The molecule has 3 rings (SSSR count). The lowest BCUT2D eigenvalue weighted by molar-refractivity contribution is -0.139. The number of carbonyl (C=O) groups excluding carboxylic acids is 1. The van der Waals surface area contributed by atoms with Gasteiger partial charge in [0.15, 0.2) is 6.61 Å². The van der Waals surface area contributed by atoms with E-state index in [1.54, 1.807) is 6.07 Å². The number of Topliss-reactive ketones (excluding diaryl/α,β-unsaturated/α-hetero) is 1. The number of carboxylic acids is 1. The Balaban J connectivity index is 1.76. The average Bonchev–Trinajstić information content (AvgIpc) is 3.06. The van der Waals surface area contributed by atoms with Gasteiger partial charge in [-0.3, -0.25) is 4.79 Å². The van der Waals surface area contributed by atoms with E-state index >= 15 is 0 Å². The zero-order chi connectivity index (χ0) is 21.0. The van der Waals surface area contributed by atoms with Gasteiger partial charge in [-0.1, -0.05) is 50.2 Å². The van der Waals surface area contributed by atoms with Crippen molar-refractivity contribution in [1.82, 2.24) is 0 Å². The van der Waals surface area contributed by atoms with E-state index in [2.05, 4.69) is 0 Å². The second-order valence-corrected chi connectivity index (χ2v) is 8.44. The molecule has 0 bridgehead atoms. The lowest BCUT2D eigenvalue weighted by atomic mass is 9.81. The summed E-state index contributed by atoms with van der Waals surface area (Å²) in [5.41, 5.74) is 2.80. The number of hydrogen-bond donors (Lipinski definition) is 2. The monoisotopic (exact) mass is 396 g/mol. The van der Waals surface area contributed by atoms with E-state index in [1.165, 1.54) is 0 Å². The zero-order valence-electron chi connectivity index (χ0n) is 16.9. The Bertz CT molecular complexity index is 869. The van der Waals surface area contributed by atoms with Crippen LogP contribution in [-0.2, 0) is 21.4 Å². The number of carbonyl (C=O) groups is 2. The molecule has 2 aromatic rings. The van der Waals surface area contributed by atoms with Crippen LogP contribution in [0, 0.1) is 5.92 Å². The molecule has 1 fully saturated rings. The lowest BCUT2D eigenvalue weighted by Gasteiger charge is -2.24. The van der Waals surface area contributed by atoms with E-state index in [0.29, 0.717) is 12.2 Å². The van der Waals surface area contributed by atoms with Gasteiger partial charge in [-0.15, -0.1) is 0 Å². The minimum Gasteiger partial charge on any atom is -0.482 e. The molecule has 5 heteroatoms. The number of aliphatic hydroxyl groups excluding tert-OH is 1. The van der Waals surface area contributed by atoms with Gasteiger partial charge in [0.2, 0.25) is 0 Å². The standard InChI is InChI=1S/C24H28O5/c1-24(2,15-25)19-9-6-17(7-10-19)23-18(8-11-21(23)26)12-16-4-3-5-20(13-16)29-14-22(27)28/h3-7,9-10,13,18,23,25H,8,11-12,14-15H2,1-2H3,(H,27,28). The molecule has 1 saturated carbocycles. The third-order valence-electron chi connectivity index (χ3n) is 5.79. The molecule has 154 valence electrons. The van der Waals surface area contributed by atoms with Crippen LogP contribution in [0.1, 0.15) is 49.3 Å². The Hall–Kier alpha value is -2.66. The second kappa shape index (κ2) is 8.78. The first-order chi connectivity index (χ1) is 13.8. The SMILES string of the molecule is CC(C)(CO)c1ccc(C2C(=O)CCC2Cc2cccc(OCC(=O)O)c2)cc1. The number of ketones is 1. The average molecular weight is 396 g/mol.